The highest BCUT2D eigenvalue weighted by Crippen LogP contribution is 2.27. The summed E-state index contributed by atoms with van der Waals surface area (Å²) in [5.74, 6) is -0.699. The summed E-state index contributed by atoms with van der Waals surface area (Å²) in [6.07, 6.45) is -0.229. The van der Waals surface area contributed by atoms with E-state index in [0.717, 1.165) is 16.8 Å². The van der Waals surface area contributed by atoms with Crippen LogP contribution in [-0.4, -0.2) is 37.7 Å². The number of hydrogen-bond donors (Lipinski definition) is 0. The first-order chi connectivity index (χ1) is 10.3. The first-order valence-electron chi connectivity index (χ1n) is 7.37. The minimum absolute atomic E-state index is 0.0902. The van der Waals surface area contributed by atoms with E-state index in [-0.39, 0.29) is 18.6 Å². The maximum atomic E-state index is 12.5. The average Bonchev–Trinajstić information content (AvgIpc) is 2.41. The first-order valence-corrected chi connectivity index (χ1v) is 7.37. The van der Waals surface area contributed by atoms with E-state index in [4.69, 9.17) is 9.47 Å². The van der Waals surface area contributed by atoms with Crippen molar-refractivity contribution in [3.05, 3.63) is 29.3 Å². The summed E-state index contributed by atoms with van der Waals surface area (Å²) in [5, 5.41) is 0. The summed E-state index contributed by atoms with van der Waals surface area (Å²) in [6.45, 7) is 8.97. The molecular formula is C17H25NO4. The predicted octanol–water partition coefficient (Wildman–Crippen LogP) is 2.62. The zero-order valence-electron chi connectivity index (χ0n) is 14.2. The molecule has 0 spiro atoms. The Morgan fingerprint density at radius 3 is 2.14 bits per heavy atom. The highest BCUT2D eigenvalue weighted by Gasteiger charge is 2.30. The lowest BCUT2D eigenvalue weighted by Gasteiger charge is -2.31. The Kier molecular flexibility index (Phi) is 6.56. The zero-order chi connectivity index (χ0) is 16.9. The number of hydrogen-bond acceptors (Lipinski definition) is 4. The second-order valence-corrected chi connectivity index (χ2v) is 5.60. The summed E-state index contributed by atoms with van der Waals surface area (Å²) in [4.78, 5) is 26.2. The van der Waals surface area contributed by atoms with Crippen molar-refractivity contribution in [2.24, 2.45) is 0 Å². The molecule has 1 unspecified atom stereocenters. The third kappa shape index (κ3) is 4.31. The van der Waals surface area contributed by atoms with Crippen LogP contribution >= 0.6 is 0 Å². The van der Waals surface area contributed by atoms with Gasteiger partial charge in [-0.05, 0) is 45.7 Å². The molecule has 0 N–H and O–H groups in total. The Hall–Kier alpha value is -1.88. The minimum atomic E-state index is -0.718. The van der Waals surface area contributed by atoms with E-state index in [1.807, 2.05) is 32.0 Å². The van der Waals surface area contributed by atoms with Crippen molar-refractivity contribution in [1.29, 1.82) is 0 Å². The van der Waals surface area contributed by atoms with E-state index in [1.54, 1.807) is 20.8 Å². The molecule has 122 valence electrons. The van der Waals surface area contributed by atoms with Crippen molar-refractivity contribution in [2.75, 3.05) is 18.6 Å². The lowest BCUT2D eigenvalue weighted by Crippen LogP contribution is -2.47. The number of aryl methyl sites for hydroxylation is 2. The molecular weight excluding hydrogens is 282 g/mol. The SMILES string of the molecule is COCC(=O)N(c1c(C)cccc1C)C(C)C(=O)OC(C)C. The topological polar surface area (TPSA) is 55.8 Å². The molecule has 1 atom stereocenters. The lowest BCUT2D eigenvalue weighted by atomic mass is 10.1. The largest absolute Gasteiger partial charge is 0.461 e. The number of para-hydroxylation sites is 1. The molecule has 5 heteroatoms. The number of rotatable bonds is 6. The summed E-state index contributed by atoms with van der Waals surface area (Å²) in [6, 6.07) is 5.03. The van der Waals surface area contributed by atoms with Crippen LogP contribution in [0.2, 0.25) is 0 Å². The van der Waals surface area contributed by atoms with Gasteiger partial charge in [-0.1, -0.05) is 18.2 Å². The van der Waals surface area contributed by atoms with Gasteiger partial charge in [-0.15, -0.1) is 0 Å². The van der Waals surface area contributed by atoms with Crippen LogP contribution in [0.25, 0.3) is 0 Å². The first kappa shape index (κ1) is 18.2. The molecule has 0 saturated carbocycles. The Morgan fingerprint density at radius 1 is 1.14 bits per heavy atom. The quantitative estimate of drug-likeness (QED) is 0.758. The molecule has 0 aliphatic carbocycles. The predicted molar refractivity (Wildman–Crippen MR) is 86.0 cm³/mol. The number of amides is 1. The third-order valence-electron chi connectivity index (χ3n) is 3.30. The smallest absolute Gasteiger partial charge is 0.329 e. The van der Waals surface area contributed by atoms with Crippen LogP contribution in [0.3, 0.4) is 0 Å². The van der Waals surface area contributed by atoms with Gasteiger partial charge in [0.1, 0.15) is 12.6 Å². The Bertz CT molecular complexity index is 519. The molecule has 5 nitrogen and oxygen atoms in total. The van der Waals surface area contributed by atoms with Crippen molar-refractivity contribution < 1.29 is 19.1 Å². The maximum Gasteiger partial charge on any atom is 0.329 e. The Morgan fingerprint density at radius 2 is 1.68 bits per heavy atom. The minimum Gasteiger partial charge on any atom is -0.461 e. The fourth-order valence-electron chi connectivity index (χ4n) is 2.35. The van der Waals surface area contributed by atoms with Crippen molar-refractivity contribution in [2.45, 2.75) is 46.8 Å². The molecule has 1 rings (SSSR count). The van der Waals surface area contributed by atoms with E-state index in [9.17, 15) is 9.59 Å². The standard InChI is InChI=1S/C17H25NO4/c1-11(2)22-17(20)14(5)18(15(19)10-21-6)16-12(3)8-7-9-13(16)4/h7-9,11,14H,10H2,1-6H3. The normalized spacial score (nSPS) is 12.1. The van der Waals surface area contributed by atoms with Crippen molar-refractivity contribution >= 4 is 17.6 Å². The summed E-state index contributed by atoms with van der Waals surface area (Å²) in [7, 11) is 1.46. The number of methoxy groups -OCH3 is 1. The van der Waals surface area contributed by atoms with Gasteiger partial charge in [0.05, 0.1) is 11.8 Å². The molecule has 0 aliphatic rings. The molecule has 0 aliphatic heterocycles. The van der Waals surface area contributed by atoms with Crippen molar-refractivity contribution in [3.8, 4) is 0 Å². The fraction of sp³-hybridized carbons (Fsp3) is 0.529. The fourth-order valence-corrected chi connectivity index (χ4v) is 2.35. The highest BCUT2D eigenvalue weighted by atomic mass is 16.5. The average molecular weight is 307 g/mol. The molecule has 0 fully saturated rings. The molecule has 1 aromatic carbocycles. The van der Waals surface area contributed by atoms with Gasteiger partial charge in [0.2, 0.25) is 0 Å². The van der Waals surface area contributed by atoms with Crippen LogP contribution in [0.5, 0.6) is 0 Å². The number of esters is 1. The number of nitrogens with zero attached hydrogens (tertiary/aromatic N) is 1. The van der Waals surface area contributed by atoms with E-state index < -0.39 is 12.0 Å². The van der Waals surface area contributed by atoms with Crippen LogP contribution in [0.1, 0.15) is 31.9 Å². The van der Waals surface area contributed by atoms with Crippen LogP contribution in [0, 0.1) is 13.8 Å². The molecule has 1 amide bonds. The second kappa shape index (κ2) is 7.94. The molecule has 0 bridgehead atoms. The number of carbonyl (C=O) groups is 2. The summed E-state index contributed by atoms with van der Waals surface area (Å²) < 4.78 is 10.2. The second-order valence-electron chi connectivity index (χ2n) is 5.60. The van der Waals surface area contributed by atoms with Crippen molar-refractivity contribution in [1.82, 2.24) is 0 Å². The van der Waals surface area contributed by atoms with Crippen LogP contribution in [0.15, 0.2) is 18.2 Å². The molecule has 0 radical (unpaired) electrons. The number of ether oxygens (including phenoxy) is 2. The van der Waals surface area contributed by atoms with Crippen LogP contribution < -0.4 is 4.90 Å². The lowest BCUT2D eigenvalue weighted by molar-refractivity contribution is -0.149. The van der Waals surface area contributed by atoms with E-state index in [1.165, 1.54) is 12.0 Å². The highest BCUT2D eigenvalue weighted by molar-refractivity contribution is 6.01. The van der Waals surface area contributed by atoms with Gasteiger partial charge in [-0.3, -0.25) is 9.69 Å². The van der Waals surface area contributed by atoms with Gasteiger partial charge in [0.25, 0.3) is 5.91 Å². The monoisotopic (exact) mass is 307 g/mol. The molecule has 0 heterocycles. The van der Waals surface area contributed by atoms with Gasteiger partial charge in [-0.2, -0.15) is 0 Å². The number of benzene rings is 1. The number of carbonyl (C=O) groups excluding carboxylic acids is 2. The van der Waals surface area contributed by atoms with E-state index in [0.29, 0.717) is 0 Å². The Labute approximate surface area is 132 Å². The molecule has 0 aromatic heterocycles. The Balaban J connectivity index is 3.24. The third-order valence-corrected chi connectivity index (χ3v) is 3.30. The molecule has 22 heavy (non-hydrogen) atoms. The molecule has 0 saturated heterocycles. The maximum absolute atomic E-state index is 12.5. The summed E-state index contributed by atoms with van der Waals surface area (Å²) in [5.41, 5.74) is 2.58. The van der Waals surface area contributed by atoms with Gasteiger partial charge in [-0.25, -0.2) is 4.79 Å². The zero-order valence-corrected chi connectivity index (χ0v) is 14.2. The number of anilines is 1. The summed E-state index contributed by atoms with van der Waals surface area (Å²) >= 11 is 0. The van der Waals surface area contributed by atoms with Crippen LogP contribution in [0.4, 0.5) is 5.69 Å². The van der Waals surface area contributed by atoms with Gasteiger partial charge in [0.15, 0.2) is 0 Å². The molecule has 1 aromatic rings. The van der Waals surface area contributed by atoms with E-state index >= 15 is 0 Å². The van der Waals surface area contributed by atoms with Gasteiger partial charge in [0, 0.05) is 7.11 Å². The van der Waals surface area contributed by atoms with Crippen molar-refractivity contribution in [3.63, 3.8) is 0 Å². The van der Waals surface area contributed by atoms with Gasteiger partial charge < -0.3 is 9.47 Å². The van der Waals surface area contributed by atoms with E-state index in [2.05, 4.69) is 0 Å². The van der Waals surface area contributed by atoms with Crippen LogP contribution in [-0.2, 0) is 19.1 Å². The van der Waals surface area contributed by atoms with Gasteiger partial charge >= 0.3 is 5.97 Å².